The number of piperidine rings is 1. The fourth-order valence-electron chi connectivity index (χ4n) is 6.41. The lowest BCUT2D eigenvalue weighted by Crippen LogP contribution is -2.57. The smallest absolute Gasteiger partial charge is 0.267 e. The second-order valence-electron chi connectivity index (χ2n) is 11.7. The molecule has 4 aliphatic heterocycles. The summed E-state index contributed by atoms with van der Waals surface area (Å²) in [4.78, 5) is 13.4. The number of alkyl halides is 2. The summed E-state index contributed by atoms with van der Waals surface area (Å²) < 4.78 is 49.9. The Labute approximate surface area is 232 Å². The van der Waals surface area contributed by atoms with Gasteiger partial charge in [0.2, 0.25) is 0 Å². The molecule has 6 heterocycles. The highest BCUT2D eigenvalue weighted by atomic mass is 19.3. The number of fused-ring (bicyclic) bond motifs is 1. The Morgan fingerprint density at radius 1 is 1.02 bits per heavy atom. The molecule has 0 radical (unpaired) electrons. The number of nitrogens with zero attached hydrogens (tertiary/aromatic N) is 6. The number of aryl methyl sites for hydroxylation is 2. The van der Waals surface area contributed by atoms with E-state index < -0.39 is 11.8 Å². The molecule has 2 atom stereocenters. The fourth-order valence-corrected chi connectivity index (χ4v) is 6.41. The van der Waals surface area contributed by atoms with Crippen LogP contribution in [0.1, 0.15) is 48.6 Å². The Kier molecular flexibility index (Phi) is 6.73. The van der Waals surface area contributed by atoms with E-state index in [-0.39, 0.29) is 25.0 Å². The van der Waals surface area contributed by atoms with E-state index in [2.05, 4.69) is 20.0 Å². The Hall–Kier alpha value is -2.73. The van der Waals surface area contributed by atoms with Crippen LogP contribution in [0.4, 0.5) is 14.6 Å². The van der Waals surface area contributed by atoms with Crippen molar-refractivity contribution in [3.8, 4) is 5.82 Å². The van der Waals surface area contributed by atoms with Crippen LogP contribution in [-0.2, 0) is 14.2 Å². The molecule has 0 saturated carbocycles. The van der Waals surface area contributed by atoms with Crippen LogP contribution >= 0.6 is 0 Å². The van der Waals surface area contributed by atoms with Gasteiger partial charge in [-0.1, -0.05) is 0 Å². The summed E-state index contributed by atoms with van der Waals surface area (Å²) >= 11 is 0. The third-order valence-corrected chi connectivity index (χ3v) is 8.78. The number of benzene rings is 1. The average molecular weight is 555 g/mol. The largest absolute Gasteiger partial charge is 0.378 e. The lowest BCUT2D eigenvalue weighted by atomic mass is 9.83. The highest BCUT2D eigenvalue weighted by Gasteiger charge is 2.48. The van der Waals surface area contributed by atoms with Gasteiger partial charge >= 0.3 is 0 Å². The molecule has 2 aromatic heterocycles. The monoisotopic (exact) mass is 554 g/mol. The summed E-state index contributed by atoms with van der Waals surface area (Å²) in [5, 5.41) is 5.52. The normalized spacial score (nSPS) is 26.1. The standard InChI is InChI=1S/C29H36F2N6O3/c1-18-9-20-12-32-37(25(20)10-23(18)24-6-7-35(17-29(24,30)31)21-15-38-16-21)27-11-26(33-19(2)34-27)36-13-22(14-36)40-28-5-3-4-8-39-28/h9-12,21-22,24,28H,3-8,13-17H2,1-2H3. The van der Waals surface area contributed by atoms with Gasteiger partial charge < -0.3 is 19.1 Å². The maximum Gasteiger partial charge on any atom is 0.267 e. The first-order valence-corrected chi connectivity index (χ1v) is 14.4. The predicted octanol–water partition coefficient (Wildman–Crippen LogP) is 3.99. The van der Waals surface area contributed by atoms with Gasteiger partial charge in [-0.05, 0) is 69.3 Å². The Morgan fingerprint density at radius 2 is 1.85 bits per heavy atom. The average Bonchev–Trinajstić information content (AvgIpc) is 3.27. The van der Waals surface area contributed by atoms with E-state index in [1.807, 2.05) is 36.9 Å². The molecule has 0 N–H and O–H groups in total. The molecule has 9 nitrogen and oxygen atoms in total. The molecule has 4 saturated heterocycles. The highest BCUT2D eigenvalue weighted by Crippen LogP contribution is 2.43. The zero-order valence-electron chi connectivity index (χ0n) is 23.1. The molecule has 214 valence electrons. The highest BCUT2D eigenvalue weighted by molar-refractivity contribution is 5.82. The van der Waals surface area contributed by atoms with Crippen LogP contribution in [0.15, 0.2) is 24.4 Å². The molecule has 2 unspecified atom stereocenters. The van der Waals surface area contributed by atoms with Crippen molar-refractivity contribution in [2.75, 3.05) is 50.9 Å². The van der Waals surface area contributed by atoms with Crippen molar-refractivity contribution in [2.45, 2.75) is 69.8 Å². The van der Waals surface area contributed by atoms with Gasteiger partial charge in [0.05, 0.1) is 49.5 Å². The summed E-state index contributed by atoms with van der Waals surface area (Å²) in [6, 6.07) is 5.89. The van der Waals surface area contributed by atoms with Crippen LogP contribution in [0.25, 0.3) is 16.7 Å². The Balaban J connectivity index is 1.13. The summed E-state index contributed by atoms with van der Waals surface area (Å²) in [6.45, 7) is 7.52. The maximum atomic E-state index is 15.5. The minimum atomic E-state index is -2.82. The van der Waals surface area contributed by atoms with Crippen molar-refractivity contribution in [3.05, 3.63) is 41.3 Å². The summed E-state index contributed by atoms with van der Waals surface area (Å²) in [5.74, 6) is -1.61. The van der Waals surface area contributed by atoms with E-state index in [0.717, 1.165) is 61.2 Å². The molecule has 3 aromatic rings. The van der Waals surface area contributed by atoms with E-state index in [1.54, 1.807) is 10.9 Å². The lowest BCUT2D eigenvalue weighted by Gasteiger charge is -2.45. The molecule has 0 aliphatic carbocycles. The second kappa shape index (κ2) is 10.3. The molecule has 7 rings (SSSR count). The molecule has 0 spiro atoms. The number of hydrogen-bond acceptors (Lipinski definition) is 8. The van der Waals surface area contributed by atoms with Crippen LogP contribution in [0, 0.1) is 13.8 Å². The van der Waals surface area contributed by atoms with Gasteiger partial charge in [0.1, 0.15) is 11.6 Å². The van der Waals surface area contributed by atoms with Crippen molar-refractivity contribution < 1.29 is 23.0 Å². The van der Waals surface area contributed by atoms with Gasteiger partial charge in [0.25, 0.3) is 5.92 Å². The van der Waals surface area contributed by atoms with E-state index in [1.165, 1.54) is 0 Å². The minimum absolute atomic E-state index is 0.108. The zero-order valence-corrected chi connectivity index (χ0v) is 23.1. The second-order valence-corrected chi connectivity index (χ2v) is 11.7. The van der Waals surface area contributed by atoms with Crippen LogP contribution in [0.2, 0.25) is 0 Å². The Morgan fingerprint density at radius 3 is 2.58 bits per heavy atom. The van der Waals surface area contributed by atoms with Crippen molar-refractivity contribution in [1.29, 1.82) is 0 Å². The molecule has 40 heavy (non-hydrogen) atoms. The van der Waals surface area contributed by atoms with Gasteiger partial charge in [-0.3, -0.25) is 4.90 Å². The number of aromatic nitrogens is 4. The van der Waals surface area contributed by atoms with Crippen LogP contribution in [0.3, 0.4) is 0 Å². The van der Waals surface area contributed by atoms with Crippen LogP contribution < -0.4 is 4.90 Å². The molecule has 0 bridgehead atoms. The zero-order chi connectivity index (χ0) is 27.4. The first-order valence-electron chi connectivity index (χ1n) is 14.4. The lowest BCUT2D eigenvalue weighted by molar-refractivity contribution is -0.191. The number of likely N-dealkylation sites (tertiary alicyclic amines) is 1. The topological polar surface area (TPSA) is 77.8 Å². The van der Waals surface area contributed by atoms with Gasteiger partial charge in [-0.15, -0.1) is 0 Å². The van der Waals surface area contributed by atoms with E-state index >= 15 is 8.78 Å². The van der Waals surface area contributed by atoms with Crippen LogP contribution in [-0.4, -0.2) is 95.0 Å². The molecule has 0 amide bonds. The summed E-state index contributed by atoms with van der Waals surface area (Å²) in [6.07, 6.45) is 5.37. The Bertz CT molecular complexity index is 1380. The van der Waals surface area contributed by atoms with Crippen molar-refractivity contribution in [2.24, 2.45) is 0 Å². The summed E-state index contributed by atoms with van der Waals surface area (Å²) in [7, 11) is 0. The molecule has 4 fully saturated rings. The number of ether oxygens (including phenoxy) is 3. The summed E-state index contributed by atoms with van der Waals surface area (Å²) in [5.41, 5.74) is 2.32. The quantitative estimate of drug-likeness (QED) is 0.453. The third-order valence-electron chi connectivity index (χ3n) is 8.78. The maximum absolute atomic E-state index is 15.5. The van der Waals surface area contributed by atoms with Crippen molar-refractivity contribution in [1.82, 2.24) is 24.6 Å². The number of anilines is 1. The van der Waals surface area contributed by atoms with Crippen molar-refractivity contribution in [3.63, 3.8) is 0 Å². The number of rotatable bonds is 6. The van der Waals surface area contributed by atoms with Gasteiger partial charge in [0.15, 0.2) is 12.1 Å². The fraction of sp³-hybridized carbons (Fsp3) is 0.621. The molecular formula is C29H36F2N6O3. The van der Waals surface area contributed by atoms with E-state index in [0.29, 0.717) is 43.4 Å². The first-order chi connectivity index (χ1) is 19.3. The number of halogens is 2. The van der Waals surface area contributed by atoms with Gasteiger partial charge in [0, 0.05) is 31.1 Å². The SMILES string of the molecule is Cc1nc(N2CC(OC3CCCCO3)C2)cc(-n2ncc3cc(C)c(C4CCN(C5COC5)CC4(F)F)cc32)n1. The molecule has 11 heteroatoms. The number of hydrogen-bond donors (Lipinski definition) is 0. The van der Waals surface area contributed by atoms with Gasteiger partial charge in [-0.25, -0.2) is 23.4 Å². The third kappa shape index (κ3) is 4.87. The van der Waals surface area contributed by atoms with Gasteiger partial charge in [-0.2, -0.15) is 5.10 Å². The van der Waals surface area contributed by atoms with E-state index in [9.17, 15) is 0 Å². The first kappa shape index (κ1) is 26.2. The molecular weight excluding hydrogens is 518 g/mol. The minimum Gasteiger partial charge on any atom is -0.378 e. The van der Waals surface area contributed by atoms with E-state index in [4.69, 9.17) is 14.2 Å². The van der Waals surface area contributed by atoms with Crippen LogP contribution in [0.5, 0.6) is 0 Å². The predicted molar refractivity (Wildman–Crippen MR) is 145 cm³/mol. The molecule has 1 aromatic carbocycles. The molecule has 4 aliphatic rings. The van der Waals surface area contributed by atoms with Crippen molar-refractivity contribution >= 4 is 16.7 Å².